The largest absolute Gasteiger partial charge is 0.497 e. The summed E-state index contributed by atoms with van der Waals surface area (Å²) in [6, 6.07) is 10.7. The first-order valence-electron chi connectivity index (χ1n) is 6.15. The van der Waals surface area contributed by atoms with Crippen LogP contribution in [-0.4, -0.2) is 16.7 Å². The number of nitrogens with one attached hydrogen (secondary N) is 1. The first-order valence-corrected chi connectivity index (χ1v) is 6.56. The molecule has 3 rings (SSSR count). The zero-order valence-electron chi connectivity index (χ0n) is 11.1. The quantitative estimate of drug-likeness (QED) is 0.718. The van der Waals surface area contributed by atoms with Crippen molar-refractivity contribution in [2.75, 3.05) is 7.11 Å². The molecule has 0 aliphatic rings. The highest BCUT2D eigenvalue weighted by atomic mass is 32.1. The summed E-state index contributed by atoms with van der Waals surface area (Å²) in [5.41, 5.74) is 3.05. The fraction of sp³-hybridized carbons (Fsp3) is 0.133. The summed E-state index contributed by atoms with van der Waals surface area (Å²) >= 11 is 5.33. The number of hydrogen-bond donors (Lipinski definition) is 1. The number of imidazole rings is 1. The molecule has 2 aromatic carbocycles. The van der Waals surface area contributed by atoms with E-state index in [1.54, 1.807) is 24.7 Å². The number of aromatic amines is 1. The smallest absolute Gasteiger partial charge is 0.182 e. The molecule has 0 fully saturated rings. The van der Waals surface area contributed by atoms with E-state index in [0.717, 1.165) is 16.8 Å². The lowest BCUT2D eigenvalue weighted by atomic mass is 10.2. The molecule has 0 bridgehead atoms. The standard InChI is InChI=1S/C15H13FN2OS/c1-9-3-4-10(7-12(9)16)18-14-8-11(19-2)5-6-13(14)17-15(18)20/h3-8H,1-2H3,(H,17,20). The Morgan fingerprint density at radius 1 is 1.20 bits per heavy atom. The molecule has 0 atom stereocenters. The third-order valence-corrected chi connectivity index (χ3v) is 3.59. The second-order valence-electron chi connectivity index (χ2n) is 4.58. The van der Waals surface area contributed by atoms with Crippen molar-refractivity contribution in [2.24, 2.45) is 0 Å². The van der Waals surface area contributed by atoms with Gasteiger partial charge in [-0.1, -0.05) is 6.07 Å². The zero-order valence-corrected chi connectivity index (χ0v) is 11.9. The lowest BCUT2D eigenvalue weighted by Gasteiger charge is -2.07. The molecule has 20 heavy (non-hydrogen) atoms. The molecule has 3 nitrogen and oxygen atoms in total. The second-order valence-corrected chi connectivity index (χ2v) is 4.97. The van der Waals surface area contributed by atoms with Gasteiger partial charge in [-0.15, -0.1) is 0 Å². The lowest BCUT2D eigenvalue weighted by molar-refractivity contribution is 0.415. The average Bonchev–Trinajstić information content (AvgIpc) is 2.77. The minimum atomic E-state index is -0.248. The van der Waals surface area contributed by atoms with Crippen LogP contribution in [0.15, 0.2) is 36.4 Å². The Hall–Kier alpha value is -2.14. The summed E-state index contributed by atoms with van der Waals surface area (Å²) in [5.74, 6) is 0.481. The average molecular weight is 288 g/mol. The summed E-state index contributed by atoms with van der Waals surface area (Å²) in [4.78, 5) is 3.11. The molecule has 1 N–H and O–H groups in total. The topological polar surface area (TPSA) is 29.9 Å². The van der Waals surface area contributed by atoms with E-state index in [0.29, 0.717) is 16.0 Å². The molecular formula is C15H13FN2OS. The molecule has 0 radical (unpaired) electrons. The number of nitrogens with zero attached hydrogens (tertiary/aromatic N) is 1. The number of aromatic nitrogens is 2. The summed E-state index contributed by atoms with van der Waals surface area (Å²) < 4.78 is 21.3. The maximum Gasteiger partial charge on any atom is 0.182 e. The predicted molar refractivity (Wildman–Crippen MR) is 79.7 cm³/mol. The van der Waals surface area contributed by atoms with Crippen LogP contribution < -0.4 is 4.74 Å². The Bertz CT molecular complexity index is 851. The minimum Gasteiger partial charge on any atom is -0.497 e. The Morgan fingerprint density at radius 3 is 2.70 bits per heavy atom. The number of rotatable bonds is 2. The first-order chi connectivity index (χ1) is 9.60. The number of aryl methyl sites for hydroxylation is 1. The van der Waals surface area contributed by atoms with Crippen molar-refractivity contribution in [3.05, 3.63) is 52.5 Å². The molecule has 0 spiro atoms. The Morgan fingerprint density at radius 2 is 2.00 bits per heavy atom. The van der Waals surface area contributed by atoms with Crippen molar-refractivity contribution < 1.29 is 9.13 Å². The van der Waals surface area contributed by atoms with E-state index in [1.165, 1.54) is 6.07 Å². The molecule has 5 heteroatoms. The van der Waals surface area contributed by atoms with Crippen molar-refractivity contribution in [1.82, 2.24) is 9.55 Å². The van der Waals surface area contributed by atoms with Crippen molar-refractivity contribution >= 4 is 23.3 Å². The van der Waals surface area contributed by atoms with Gasteiger partial charge in [-0.05, 0) is 49.0 Å². The van der Waals surface area contributed by atoms with Crippen LogP contribution in [-0.2, 0) is 0 Å². The van der Waals surface area contributed by atoms with Gasteiger partial charge in [-0.2, -0.15) is 0 Å². The molecule has 0 aliphatic heterocycles. The summed E-state index contributed by atoms with van der Waals surface area (Å²) in [5, 5.41) is 0. The molecule has 1 heterocycles. The van der Waals surface area contributed by atoms with E-state index in [4.69, 9.17) is 17.0 Å². The van der Waals surface area contributed by atoms with Crippen LogP contribution in [0.4, 0.5) is 4.39 Å². The summed E-state index contributed by atoms with van der Waals surface area (Å²) in [6.07, 6.45) is 0. The lowest BCUT2D eigenvalue weighted by Crippen LogP contribution is -1.96. The molecule has 0 amide bonds. The molecule has 0 aliphatic carbocycles. The van der Waals surface area contributed by atoms with Crippen LogP contribution in [0.1, 0.15) is 5.56 Å². The summed E-state index contributed by atoms with van der Waals surface area (Å²) in [6.45, 7) is 1.73. The predicted octanol–water partition coefficient (Wildman–Crippen LogP) is 4.14. The minimum absolute atomic E-state index is 0.248. The van der Waals surface area contributed by atoms with E-state index < -0.39 is 0 Å². The Balaban J connectivity index is 2.31. The maximum atomic E-state index is 13.8. The van der Waals surface area contributed by atoms with Gasteiger partial charge >= 0.3 is 0 Å². The molecule has 0 unspecified atom stereocenters. The molecule has 0 saturated carbocycles. The van der Waals surface area contributed by atoms with Crippen LogP contribution in [0.2, 0.25) is 0 Å². The first kappa shape index (κ1) is 12.9. The van der Waals surface area contributed by atoms with E-state index >= 15 is 0 Å². The number of fused-ring (bicyclic) bond motifs is 1. The molecule has 3 aromatic rings. The van der Waals surface area contributed by atoms with Crippen molar-refractivity contribution in [3.63, 3.8) is 0 Å². The van der Waals surface area contributed by atoms with E-state index in [-0.39, 0.29) is 5.82 Å². The van der Waals surface area contributed by atoms with Gasteiger partial charge in [0.25, 0.3) is 0 Å². The molecular weight excluding hydrogens is 275 g/mol. The van der Waals surface area contributed by atoms with Gasteiger partial charge in [0.05, 0.1) is 23.8 Å². The Labute approximate surface area is 120 Å². The van der Waals surface area contributed by atoms with Crippen molar-refractivity contribution in [1.29, 1.82) is 0 Å². The van der Waals surface area contributed by atoms with Gasteiger partial charge in [-0.3, -0.25) is 4.57 Å². The van der Waals surface area contributed by atoms with Gasteiger partial charge in [0.1, 0.15) is 11.6 Å². The number of hydrogen-bond acceptors (Lipinski definition) is 2. The number of ether oxygens (including phenoxy) is 1. The van der Waals surface area contributed by atoms with Crippen LogP contribution in [0.25, 0.3) is 16.7 Å². The van der Waals surface area contributed by atoms with Gasteiger partial charge in [-0.25, -0.2) is 4.39 Å². The normalized spacial score (nSPS) is 10.9. The van der Waals surface area contributed by atoms with Crippen LogP contribution >= 0.6 is 12.2 Å². The number of halogens is 1. The number of H-pyrrole nitrogens is 1. The fourth-order valence-corrected chi connectivity index (χ4v) is 2.50. The van der Waals surface area contributed by atoms with Gasteiger partial charge in [0.2, 0.25) is 0 Å². The Kier molecular flexibility index (Phi) is 3.06. The monoisotopic (exact) mass is 288 g/mol. The highest BCUT2D eigenvalue weighted by Crippen LogP contribution is 2.24. The summed E-state index contributed by atoms with van der Waals surface area (Å²) in [7, 11) is 1.61. The zero-order chi connectivity index (χ0) is 14.3. The van der Waals surface area contributed by atoms with Crippen LogP contribution in [0.3, 0.4) is 0 Å². The van der Waals surface area contributed by atoms with Gasteiger partial charge < -0.3 is 9.72 Å². The SMILES string of the molecule is COc1ccc2[nH]c(=S)n(-c3ccc(C)c(F)c3)c2c1. The number of benzene rings is 2. The van der Waals surface area contributed by atoms with Crippen molar-refractivity contribution in [2.45, 2.75) is 6.92 Å². The number of methoxy groups -OCH3 is 1. The third-order valence-electron chi connectivity index (χ3n) is 3.30. The third kappa shape index (κ3) is 2.00. The second kappa shape index (κ2) is 4.76. The molecule has 1 aromatic heterocycles. The highest BCUT2D eigenvalue weighted by molar-refractivity contribution is 7.71. The van der Waals surface area contributed by atoms with Crippen LogP contribution in [0.5, 0.6) is 5.75 Å². The van der Waals surface area contributed by atoms with Gasteiger partial charge in [0.15, 0.2) is 4.77 Å². The van der Waals surface area contributed by atoms with E-state index in [1.807, 2.05) is 24.3 Å². The highest BCUT2D eigenvalue weighted by Gasteiger charge is 2.09. The molecule has 102 valence electrons. The van der Waals surface area contributed by atoms with Crippen molar-refractivity contribution in [3.8, 4) is 11.4 Å². The van der Waals surface area contributed by atoms with Crippen LogP contribution in [0, 0.1) is 17.5 Å². The fourth-order valence-electron chi connectivity index (χ4n) is 2.19. The van der Waals surface area contributed by atoms with E-state index in [9.17, 15) is 4.39 Å². The van der Waals surface area contributed by atoms with E-state index in [2.05, 4.69) is 4.98 Å². The molecule has 0 saturated heterocycles. The maximum absolute atomic E-state index is 13.8. The van der Waals surface area contributed by atoms with Gasteiger partial charge in [0, 0.05) is 6.07 Å².